The highest BCUT2D eigenvalue weighted by atomic mass is 16.1. The number of hydrogen-bond acceptors (Lipinski definition) is 2. The number of anilines is 1. The zero-order chi connectivity index (χ0) is 17.1. The summed E-state index contributed by atoms with van der Waals surface area (Å²) in [6.07, 6.45) is 4.05. The first-order valence-electron chi connectivity index (χ1n) is 8.77. The first-order valence-corrected chi connectivity index (χ1v) is 8.77. The molecule has 3 aromatic rings. The molecule has 4 heteroatoms. The number of aromatic amines is 1. The maximum atomic E-state index is 12.2. The molecule has 4 nitrogen and oxygen atoms in total. The Balaban J connectivity index is 1.36. The summed E-state index contributed by atoms with van der Waals surface area (Å²) in [4.78, 5) is 12.2. The van der Waals surface area contributed by atoms with E-state index in [9.17, 15) is 4.79 Å². The molecule has 2 N–H and O–H groups in total. The molecule has 0 unspecified atom stereocenters. The van der Waals surface area contributed by atoms with Crippen LogP contribution >= 0.6 is 0 Å². The van der Waals surface area contributed by atoms with Gasteiger partial charge in [-0.2, -0.15) is 5.10 Å². The number of carbonyl (C=O) groups excluding carboxylic acids is 1. The molecule has 0 bridgehead atoms. The van der Waals surface area contributed by atoms with E-state index in [1.54, 1.807) is 0 Å². The van der Waals surface area contributed by atoms with Crippen LogP contribution in [-0.2, 0) is 11.2 Å². The number of nitrogens with one attached hydrogen (secondary N) is 2. The number of aromatic nitrogens is 2. The highest BCUT2D eigenvalue weighted by Crippen LogP contribution is 2.35. The van der Waals surface area contributed by atoms with Crippen LogP contribution in [0.5, 0.6) is 0 Å². The lowest BCUT2D eigenvalue weighted by Crippen LogP contribution is -2.14. The second-order valence-electron chi connectivity index (χ2n) is 6.62. The Morgan fingerprint density at radius 2 is 1.76 bits per heavy atom. The summed E-state index contributed by atoms with van der Waals surface area (Å²) in [5, 5.41) is 10.1. The minimum atomic E-state index is -0.0425. The summed E-state index contributed by atoms with van der Waals surface area (Å²) in [6, 6.07) is 20.3. The molecule has 0 radical (unpaired) electrons. The molecule has 1 aliphatic carbocycles. The van der Waals surface area contributed by atoms with Crippen molar-refractivity contribution >= 4 is 11.7 Å². The monoisotopic (exact) mass is 331 g/mol. The maximum absolute atomic E-state index is 12.2. The van der Waals surface area contributed by atoms with E-state index in [0.29, 0.717) is 18.2 Å². The average Bonchev–Trinajstić information content (AvgIpc) is 3.02. The number of carbonyl (C=O) groups is 1. The SMILES string of the molecule is O=C(Cc1ccc(-c2ccccc2)cc1)Nc1cc(C2CCC2)[nH]n1. The molecule has 1 aliphatic rings. The molecule has 0 aliphatic heterocycles. The van der Waals surface area contributed by atoms with E-state index in [-0.39, 0.29) is 5.91 Å². The lowest BCUT2D eigenvalue weighted by Gasteiger charge is -2.23. The summed E-state index contributed by atoms with van der Waals surface area (Å²) in [6.45, 7) is 0. The Morgan fingerprint density at radius 1 is 1.04 bits per heavy atom. The van der Waals surface area contributed by atoms with Gasteiger partial charge in [0.2, 0.25) is 5.91 Å². The first kappa shape index (κ1) is 15.6. The van der Waals surface area contributed by atoms with Gasteiger partial charge in [-0.3, -0.25) is 9.89 Å². The maximum Gasteiger partial charge on any atom is 0.229 e. The predicted octanol–water partition coefficient (Wildman–Crippen LogP) is 4.53. The Kier molecular flexibility index (Phi) is 4.34. The third-order valence-corrected chi connectivity index (χ3v) is 4.84. The Hall–Kier alpha value is -2.88. The lowest BCUT2D eigenvalue weighted by atomic mass is 9.83. The van der Waals surface area contributed by atoms with Gasteiger partial charge in [0.15, 0.2) is 5.82 Å². The number of rotatable bonds is 5. The van der Waals surface area contributed by atoms with Crippen LogP contribution in [0.4, 0.5) is 5.82 Å². The van der Waals surface area contributed by atoms with Crippen molar-refractivity contribution in [3.63, 3.8) is 0 Å². The third-order valence-electron chi connectivity index (χ3n) is 4.84. The van der Waals surface area contributed by atoms with Gasteiger partial charge in [0.05, 0.1) is 6.42 Å². The van der Waals surface area contributed by atoms with Crippen molar-refractivity contribution < 1.29 is 4.79 Å². The molecule has 0 spiro atoms. The normalized spacial score (nSPS) is 14.1. The minimum Gasteiger partial charge on any atom is -0.309 e. The molecule has 4 rings (SSSR count). The van der Waals surface area contributed by atoms with Crippen LogP contribution in [0.2, 0.25) is 0 Å². The van der Waals surface area contributed by atoms with Gasteiger partial charge in [-0.25, -0.2) is 0 Å². The number of amides is 1. The minimum absolute atomic E-state index is 0.0425. The number of H-pyrrole nitrogens is 1. The zero-order valence-corrected chi connectivity index (χ0v) is 14.0. The summed E-state index contributed by atoms with van der Waals surface area (Å²) in [7, 11) is 0. The van der Waals surface area contributed by atoms with Crippen molar-refractivity contribution in [3.8, 4) is 11.1 Å². The van der Waals surface area contributed by atoms with Gasteiger partial charge >= 0.3 is 0 Å². The average molecular weight is 331 g/mol. The van der Waals surface area contributed by atoms with Crippen molar-refractivity contribution in [1.82, 2.24) is 10.2 Å². The Morgan fingerprint density at radius 3 is 2.44 bits per heavy atom. The fourth-order valence-electron chi connectivity index (χ4n) is 3.15. The van der Waals surface area contributed by atoms with E-state index in [4.69, 9.17) is 0 Å². The van der Waals surface area contributed by atoms with E-state index in [0.717, 1.165) is 16.8 Å². The van der Waals surface area contributed by atoms with E-state index in [1.165, 1.54) is 24.8 Å². The van der Waals surface area contributed by atoms with Crippen LogP contribution in [0.1, 0.15) is 36.4 Å². The molecule has 2 aromatic carbocycles. The summed E-state index contributed by atoms with van der Waals surface area (Å²) in [5.41, 5.74) is 4.46. The van der Waals surface area contributed by atoms with Gasteiger partial charge in [-0.15, -0.1) is 0 Å². The van der Waals surface area contributed by atoms with Gasteiger partial charge < -0.3 is 5.32 Å². The van der Waals surface area contributed by atoms with E-state index in [1.807, 2.05) is 36.4 Å². The molecule has 126 valence electrons. The smallest absolute Gasteiger partial charge is 0.229 e. The molecule has 1 heterocycles. The number of hydrogen-bond donors (Lipinski definition) is 2. The molecule has 0 atom stereocenters. The van der Waals surface area contributed by atoms with Gasteiger partial charge in [-0.1, -0.05) is 61.0 Å². The van der Waals surface area contributed by atoms with Crippen molar-refractivity contribution in [1.29, 1.82) is 0 Å². The van der Waals surface area contributed by atoms with Crippen LogP contribution in [0, 0.1) is 0 Å². The second-order valence-corrected chi connectivity index (χ2v) is 6.62. The number of nitrogens with zero attached hydrogens (tertiary/aromatic N) is 1. The fraction of sp³-hybridized carbons (Fsp3) is 0.238. The summed E-state index contributed by atoms with van der Waals surface area (Å²) in [5.74, 6) is 1.16. The van der Waals surface area contributed by atoms with Crippen LogP contribution < -0.4 is 5.32 Å². The quantitative estimate of drug-likeness (QED) is 0.722. The van der Waals surface area contributed by atoms with Crippen molar-refractivity contribution in [2.75, 3.05) is 5.32 Å². The molecular weight excluding hydrogens is 310 g/mol. The van der Waals surface area contributed by atoms with E-state index in [2.05, 4.69) is 39.8 Å². The van der Waals surface area contributed by atoms with Crippen molar-refractivity contribution in [3.05, 3.63) is 71.9 Å². The molecule has 1 amide bonds. The Labute approximate surface area is 147 Å². The molecule has 0 saturated heterocycles. The summed E-state index contributed by atoms with van der Waals surface area (Å²) >= 11 is 0. The summed E-state index contributed by atoms with van der Waals surface area (Å²) < 4.78 is 0. The molecule has 25 heavy (non-hydrogen) atoms. The lowest BCUT2D eigenvalue weighted by molar-refractivity contribution is -0.115. The predicted molar refractivity (Wildman–Crippen MR) is 99.4 cm³/mol. The van der Waals surface area contributed by atoms with Crippen LogP contribution in [0.3, 0.4) is 0 Å². The molecule has 1 saturated carbocycles. The van der Waals surface area contributed by atoms with E-state index < -0.39 is 0 Å². The van der Waals surface area contributed by atoms with Crippen LogP contribution in [-0.4, -0.2) is 16.1 Å². The van der Waals surface area contributed by atoms with Gasteiger partial charge in [-0.05, 0) is 29.5 Å². The van der Waals surface area contributed by atoms with Gasteiger partial charge in [0, 0.05) is 17.7 Å². The zero-order valence-electron chi connectivity index (χ0n) is 14.0. The van der Waals surface area contributed by atoms with Gasteiger partial charge in [0.25, 0.3) is 0 Å². The van der Waals surface area contributed by atoms with E-state index >= 15 is 0 Å². The second kappa shape index (κ2) is 6.93. The van der Waals surface area contributed by atoms with Crippen LogP contribution in [0.15, 0.2) is 60.7 Å². The molecular formula is C21H21N3O. The topological polar surface area (TPSA) is 57.8 Å². The number of benzene rings is 2. The van der Waals surface area contributed by atoms with Crippen molar-refractivity contribution in [2.45, 2.75) is 31.6 Å². The third kappa shape index (κ3) is 3.63. The Bertz CT molecular complexity index is 848. The molecule has 1 aromatic heterocycles. The van der Waals surface area contributed by atoms with Gasteiger partial charge in [0.1, 0.15) is 0 Å². The largest absolute Gasteiger partial charge is 0.309 e. The standard InChI is InChI=1S/C21H21N3O/c25-21(22-20-14-19(23-24-20)18-7-4-8-18)13-15-9-11-17(12-10-15)16-5-2-1-3-6-16/h1-3,5-6,9-12,14,18H,4,7-8,13H2,(H2,22,23,24,25). The molecule has 1 fully saturated rings. The highest BCUT2D eigenvalue weighted by molar-refractivity contribution is 5.91. The fourth-order valence-corrected chi connectivity index (χ4v) is 3.15. The highest BCUT2D eigenvalue weighted by Gasteiger charge is 2.21. The first-order chi connectivity index (χ1) is 12.3. The van der Waals surface area contributed by atoms with Crippen LogP contribution in [0.25, 0.3) is 11.1 Å². The van der Waals surface area contributed by atoms with Crippen molar-refractivity contribution in [2.24, 2.45) is 0 Å².